The smallest absolute Gasteiger partial charge is 0.239 e. The van der Waals surface area contributed by atoms with Crippen LogP contribution in [0.2, 0.25) is 0 Å². The standard InChI is InChI=1S/C21H31N3O3/c1-23(2)20(26)18-9-6-12-24(18)15-19(25)22-16-21(10-13-27-14-11-21)17-7-4-3-5-8-17/h3-5,7-8,18H,6,9-16H2,1-2H3,(H,22,25). The van der Waals surface area contributed by atoms with Crippen molar-refractivity contribution in [2.45, 2.75) is 37.1 Å². The van der Waals surface area contributed by atoms with Crippen LogP contribution in [0.3, 0.4) is 0 Å². The molecule has 1 atom stereocenters. The second kappa shape index (κ2) is 8.85. The molecule has 1 aromatic carbocycles. The van der Waals surface area contributed by atoms with Crippen LogP contribution in [0.1, 0.15) is 31.2 Å². The lowest BCUT2D eigenvalue weighted by Gasteiger charge is -2.38. The van der Waals surface area contributed by atoms with Gasteiger partial charge in [-0.2, -0.15) is 0 Å². The van der Waals surface area contributed by atoms with Crippen LogP contribution < -0.4 is 5.32 Å². The Morgan fingerprint density at radius 1 is 1.22 bits per heavy atom. The summed E-state index contributed by atoms with van der Waals surface area (Å²) >= 11 is 0. The number of hydrogen-bond acceptors (Lipinski definition) is 4. The van der Waals surface area contributed by atoms with E-state index < -0.39 is 0 Å². The van der Waals surface area contributed by atoms with E-state index in [-0.39, 0.29) is 29.8 Å². The maximum absolute atomic E-state index is 12.6. The van der Waals surface area contributed by atoms with Crippen LogP contribution in [-0.4, -0.2) is 74.6 Å². The van der Waals surface area contributed by atoms with Crippen molar-refractivity contribution < 1.29 is 14.3 Å². The number of ether oxygens (including phenoxy) is 1. The lowest BCUT2D eigenvalue weighted by Crippen LogP contribution is -2.49. The van der Waals surface area contributed by atoms with Crippen LogP contribution >= 0.6 is 0 Å². The van der Waals surface area contributed by atoms with E-state index in [0.29, 0.717) is 6.54 Å². The van der Waals surface area contributed by atoms with Crippen LogP contribution in [0.15, 0.2) is 30.3 Å². The van der Waals surface area contributed by atoms with Gasteiger partial charge in [-0.3, -0.25) is 14.5 Å². The van der Waals surface area contributed by atoms with Gasteiger partial charge in [0.05, 0.1) is 12.6 Å². The van der Waals surface area contributed by atoms with Gasteiger partial charge in [-0.05, 0) is 37.8 Å². The molecule has 2 fully saturated rings. The molecule has 2 aliphatic rings. The molecule has 3 rings (SSSR count). The molecule has 148 valence electrons. The molecule has 0 aromatic heterocycles. The number of carbonyl (C=O) groups is 2. The number of rotatable bonds is 6. The van der Waals surface area contributed by atoms with Gasteiger partial charge in [0.2, 0.25) is 11.8 Å². The van der Waals surface area contributed by atoms with Crippen LogP contribution in [0.4, 0.5) is 0 Å². The SMILES string of the molecule is CN(C)C(=O)C1CCCN1CC(=O)NCC1(c2ccccc2)CCOCC1. The highest BCUT2D eigenvalue weighted by Gasteiger charge is 2.36. The van der Waals surface area contributed by atoms with E-state index in [1.165, 1.54) is 5.56 Å². The summed E-state index contributed by atoms with van der Waals surface area (Å²) in [6.45, 7) is 3.13. The summed E-state index contributed by atoms with van der Waals surface area (Å²) in [4.78, 5) is 28.6. The third-order valence-electron chi connectivity index (χ3n) is 5.90. The molecule has 2 saturated heterocycles. The van der Waals surface area contributed by atoms with E-state index in [1.807, 2.05) is 11.0 Å². The van der Waals surface area contributed by atoms with Gasteiger partial charge in [0.1, 0.15) is 0 Å². The van der Waals surface area contributed by atoms with Crippen LogP contribution in [-0.2, 0) is 19.7 Å². The third-order valence-corrected chi connectivity index (χ3v) is 5.90. The summed E-state index contributed by atoms with van der Waals surface area (Å²) in [6, 6.07) is 10.2. The fraction of sp³-hybridized carbons (Fsp3) is 0.619. The van der Waals surface area contributed by atoms with Crippen molar-refractivity contribution in [3.8, 4) is 0 Å². The van der Waals surface area contributed by atoms with Gasteiger partial charge in [-0.15, -0.1) is 0 Å². The molecule has 0 bridgehead atoms. The highest BCUT2D eigenvalue weighted by molar-refractivity contribution is 5.83. The van der Waals surface area contributed by atoms with Crippen molar-refractivity contribution in [1.29, 1.82) is 0 Å². The summed E-state index contributed by atoms with van der Waals surface area (Å²) in [5, 5.41) is 3.15. The second-order valence-corrected chi connectivity index (χ2v) is 7.90. The van der Waals surface area contributed by atoms with Crippen molar-refractivity contribution in [2.75, 3.05) is 46.9 Å². The number of hydrogen-bond donors (Lipinski definition) is 1. The Morgan fingerprint density at radius 2 is 1.93 bits per heavy atom. The Kier molecular flexibility index (Phi) is 6.50. The Labute approximate surface area is 161 Å². The number of amides is 2. The Morgan fingerprint density at radius 3 is 2.59 bits per heavy atom. The minimum Gasteiger partial charge on any atom is -0.381 e. The number of nitrogens with zero attached hydrogens (tertiary/aromatic N) is 2. The highest BCUT2D eigenvalue weighted by atomic mass is 16.5. The van der Waals surface area contributed by atoms with E-state index >= 15 is 0 Å². The minimum absolute atomic E-state index is 0.00439. The zero-order valence-corrected chi connectivity index (χ0v) is 16.4. The van der Waals surface area contributed by atoms with Crippen molar-refractivity contribution in [3.05, 3.63) is 35.9 Å². The number of nitrogens with one attached hydrogen (secondary N) is 1. The highest BCUT2D eigenvalue weighted by Crippen LogP contribution is 2.34. The fourth-order valence-corrected chi connectivity index (χ4v) is 4.22. The van der Waals surface area contributed by atoms with E-state index in [2.05, 4.69) is 29.6 Å². The summed E-state index contributed by atoms with van der Waals surface area (Å²) < 4.78 is 5.56. The molecule has 27 heavy (non-hydrogen) atoms. The van der Waals surface area contributed by atoms with Crippen molar-refractivity contribution in [2.24, 2.45) is 0 Å². The molecule has 2 aliphatic heterocycles. The lowest BCUT2D eigenvalue weighted by molar-refractivity contribution is -0.134. The normalized spacial score (nSPS) is 22.4. The maximum Gasteiger partial charge on any atom is 0.239 e. The third kappa shape index (κ3) is 4.68. The molecular formula is C21H31N3O3. The molecule has 6 nitrogen and oxygen atoms in total. The number of likely N-dealkylation sites (N-methyl/N-ethyl adjacent to an activating group) is 1. The molecule has 0 radical (unpaired) electrons. The largest absolute Gasteiger partial charge is 0.381 e. The van der Waals surface area contributed by atoms with E-state index in [1.54, 1.807) is 19.0 Å². The quantitative estimate of drug-likeness (QED) is 0.819. The monoisotopic (exact) mass is 373 g/mol. The Balaban J connectivity index is 1.61. The first-order valence-corrected chi connectivity index (χ1v) is 9.87. The predicted molar refractivity (Wildman–Crippen MR) is 104 cm³/mol. The van der Waals surface area contributed by atoms with Gasteiger partial charge >= 0.3 is 0 Å². The van der Waals surface area contributed by atoms with Gasteiger partial charge in [-0.1, -0.05) is 30.3 Å². The van der Waals surface area contributed by atoms with Crippen LogP contribution in [0.5, 0.6) is 0 Å². The summed E-state index contributed by atoms with van der Waals surface area (Å²) in [5.74, 6) is 0.0840. The zero-order valence-electron chi connectivity index (χ0n) is 16.4. The van der Waals surface area contributed by atoms with E-state index in [9.17, 15) is 9.59 Å². The van der Waals surface area contributed by atoms with E-state index in [4.69, 9.17) is 4.74 Å². The Bertz CT molecular complexity index is 641. The van der Waals surface area contributed by atoms with Gasteiger partial charge < -0.3 is 15.0 Å². The topological polar surface area (TPSA) is 61.9 Å². The summed E-state index contributed by atoms with van der Waals surface area (Å²) in [5.41, 5.74) is 1.19. The van der Waals surface area contributed by atoms with Crippen molar-refractivity contribution in [1.82, 2.24) is 15.1 Å². The van der Waals surface area contributed by atoms with Gasteiger partial charge in [0.25, 0.3) is 0 Å². The molecular weight excluding hydrogens is 342 g/mol. The minimum atomic E-state index is -0.170. The summed E-state index contributed by atoms with van der Waals surface area (Å²) in [7, 11) is 3.54. The second-order valence-electron chi connectivity index (χ2n) is 7.90. The average molecular weight is 373 g/mol. The van der Waals surface area contributed by atoms with Crippen molar-refractivity contribution in [3.63, 3.8) is 0 Å². The molecule has 1 aromatic rings. The summed E-state index contributed by atoms with van der Waals surface area (Å²) in [6.07, 6.45) is 3.60. The molecule has 1 N–H and O–H groups in total. The number of carbonyl (C=O) groups excluding carboxylic acids is 2. The van der Waals surface area contributed by atoms with Gasteiger partial charge in [0.15, 0.2) is 0 Å². The van der Waals surface area contributed by atoms with Crippen LogP contribution in [0.25, 0.3) is 0 Å². The number of benzene rings is 1. The molecule has 2 heterocycles. The van der Waals surface area contributed by atoms with E-state index in [0.717, 1.165) is 45.4 Å². The average Bonchev–Trinajstić information content (AvgIpc) is 3.15. The molecule has 0 spiro atoms. The fourth-order valence-electron chi connectivity index (χ4n) is 4.22. The predicted octanol–water partition coefficient (Wildman–Crippen LogP) is 1.40. The molecule has 0 aliphatic carbocycles. The maximum atomic E-state index is 12.6. The lowest BCUT2D eigenvalue weighted by atomic mass is 9.74. The Hall–Kier alpha value is -1.92. The van der Waals surface area contributed by atoms with Gasteiger partial charge in [-0.25, -0.2) is 0 Å². The first-order chi connectivity index (χ1) is 13.0. The van der Waals surface area contributed by atoms with Crippen molar-refractivity contribution >= 4 is 11.8 Å². The molecule has 0 saturated carbocycles. The first-order valence-electron chi connectivity index (χ1n) is 9.87. The first kappa shape index (κ1) is 19.8. The van der Waals surface area contributed by atoms with Crippen LogP contribution in [0, 0.1) is 0 Å². The molecule has 2 amide bonds. The zero-order chi connectivity index (χ0) is 19.3. The number of likely N-dealkylation sites (tertiary alicyclic amines) is 1. The molecule has 6 heteroatoms. The molecule has 1 unspecified atom stereocenters. The van der Waals surface area contributed by atoms with Gasteiger partial charge in [0, 0.05) is 39.3 Å².